The van der Waals surface area contributed by atoms with Gasteiger partial charge in [-0.2, -0.15) is 0 Å². The quantitative estimate of drug-likeness (QED) is 0.198. The Kier molecular flexibility index (Phi) is 16.4. The standard InChI is InChI=1S/C19H46N2O3Si2/c1-8-22-26(23-9-2,24-10-3)18-16-14-12-11-13-15-17-25-19(20(4)5)21(6)7/h19H,8-18,25H2,1-7H3. The van der Waals surface area contributed by atoms with Crippen molar-refractivity contribution in [2.24, 2.45) is 0 Å². The fourth-order valence-corrected chi connectivity index (χ4v) is 8.26. The van der Waals surface area contributed by atoms with Crippen molar-refractivity contribution in [1.82, 2.24) is 9.80 Å². The molecule has 0 aromatic heterocycles. The lowest BCUT2D eigenvalue weighted by molar-refractivity contribution is 0.0706. The second kappa shape index (κ2) is 16.2. The maximum atomic E-state index is 5.92. The molecule has 0 heterocycles. The number of nitrogens with zero attached hydrogens (tertiary/aromatic N) is 2. The molecule has 0 radical (unpaired) electrons. The molecule has 0 aliphatic heterocycles. The summed E-state index contributed by atoms with van der Waals surface area (Å²) >= 11 is 0. The van der Waals surface area contributed by atoms with Gasteiger partial charge in [0, 0.05) is 31.7 Å². The van der Waals surface area contributed by atoms with Crippen molar-refractivity contribution in [3.05, 3.63) is 0 Å². The fourth-order valence-electron chi connectivity index (χ4n) is 3.53. The maximum absolute atomic E-state index is 5.92. The molecule has 0 aromatic carbocycles. The van der Waals surface area contributed by atoms with E-state index >= 15 is 0 Å². The van der Waals surface area contributed by atoms with E-state index in [4.69, 9.17) is 13.3 Å². The van der Waals surface area contributed by atoms with Gasteiger partial charge in [0.15, 0.2) is 0 Å². The van der Waals surface area contributed by atoms with E-state index in [1.807, 2.05) is 20.8 Å². The molecule has 0 aromatic rings. The summed E-state index contributed by atoms with van der Waals surface area (Å²) < 4.78 is 17.8. The van der Waals surface area contributed by atoms with Crippen molar-refractivity contribution in [2.45, 2.75) is 77.2 Å². The number of rotatable bonds is 18. The second-order valence-electron chi connectivity index (χ2n) is 7.40. The predicted molar refractivity (Wildman–Crippen MR) is 118 cm³/mol. The third-order valence-corrected chi connectivity index (χ3v) is 10.8. The average molecular weight is 407 g/mol. The molecule has 0 amide bonds. The lowest BCUT2D eigenvalue weighted by atomic mass is 10.1. The summed E-state index contributed by atoms with van der Waals surface area (Å²) in [5.41, 5.74) is 0. The van der Waals surface area contributed by atoms with Crippen molar-refractivity contribution in [1.29, 1.82) is 0 Å². The van der Waals surface area contributed by atoms with Crippen LogP contribution in [0.15, 0.2) is 0 Å². The van der Waals surface area contributed by atoms with Gasteiger partial charge in [-0.3, -0.25) is 9.80 Å². The molecule has 26 heavy (non-hydrogen) atoms. The van der Waals surface area contributed by atoms with Crippen LogP contribution in [-0.2, 0) is 13.3 Å². The first-order chi connectivity index (χ1) is 12.4. The molecular weight excluding hydrogens is 360 g/mol. The van der Waals surface area contributed by atoms with Crippen molar-refractivity contribution < 1.29 is 13.3 Å². The molecule has 0 rings (SSSR count). The minimum absolute atomic E-state index is 0.0423. The van der Waals surface area contributed by atoms with E-state index in [0.717, 1.165) is 12.5 Å². The largest absolute Gasteiger partial charge is 0.500 e. The Morgan fingerprint density at radius 2 is 1.12 bits per heavy atom. The highest BCUT2D eigenvalue weighted by Crippen LogP contribution is 2.20. The Morgan fingerprint density at radius 1 is 0.692 bits per heavy atom. The number of hydrogen-bond donors (Lipinski definition) is 0. The molecule has 0 spiro atoms. The molecule has 0 saturated carbocycles. The van der Waals surface area contributed by atoms with Crippen LogP contribution in [0.4, 0.5) is 0 Å². The third kappa shape index (κ3) is 11.8. The van der Waals surface area contributed by atoms with E-state index in [-0.39, 0.29) is 9.52 Å². The summed E-state index contributed by atoms with van der Waals surface area (Å²) in [5.74, 6) is 0.698. The Bertz CT molecular complexity index is 296. The number of hydrogen-bond acceptors (Lipinski definition) is 5. The molecule has 158 valence electrons. The Hall–Kier alpha value is 0.234. The van der Waals surface area contributed by atoms with Gasteiger partial charge in [0.1, 0.15) is 0 Å². The van der Waals surface area contributed by atoms with Gasteiger partial charge in [-0.15, -0.1) is 0 Å². The summed E-state index contributed by atoms with van der Waals surface area (Å²) in [5, 5.41) is 0. The molecule has 0 aliphatic rings. The first kappa shape index (κ1) is 26.2. The van der Waals surface area contributed by atoms with Gasteiger partial charge in [0.05, 0.1) is 9.52 Å². The van der Waals surface area contributed by atoms with Crippen LogP contribution in [0.3, 0.4) is 0 Å². The summed E-state index contributed by atoms with van der Waals surface area (Å²) in [7, 11) is 6.35. The normalized spacial score (nSPS) is 13.2. The van der Waals surface area contributed by atoms with Crippen LogP contribution < -0.4 is 0 Å². The summed E-state index contributed by atoms with van der Waals surface area (Å²) in [4.78, 5) is 4.75. The highest BCUT2D eigenvalue weighted by molar-refractivity contribution is 6.60. The van der Waals surface area contributed by atoms with E-state index < -0.39 is 8.80 Å². The molecule has 0 unspecified atom stereocenters. The van der Waals surface area contributed by atoms with Gasteiger partial charge in [-0.1, -0.05) is 38.1 Å². The van der Waals surface area contributed by atoms with E-state index in [0.29, 0.717) is 25.6 Å². The third-order valence-electron chi connectivity index (χ3n) is 4.73. The van der Waals surface area contributed by atoms with Crippen molar-refractivity contribution in [3.63, 3.8) is 0 Å². The summed E-state index contributed by atoms with van der Waals surface area (Å²) in [6, 6.07) is 2.42. The van der Waals surface area contributed by atoms with E-state index in [9.17, 15) is 0 Å². The molecule has 0 N–H and O–H groups in total. The lowest BCUT2D eigenvalue weighted by Crippen LogP contribution is -2.45. The lowest BCUT2D eigenvalue weighted by Gasteiger charge is -2.30. The molecule has 5 nitrogen and oxygen atoms in total. The minimum Gasteiger partial charge on any atom is -0.374 e. The van der Waals surface area contributed by atoms with Crippen LogP contribution in [0.25, 0.3) is 0 Å². The van der Waals surface area contributed by atoms with Crippen molar-refractivity contribution in [2.75, 3.05) is 48.0 Å². The summed E-state index contributed by atoms with van der Waals surface area (Å²) in [6.07, 6.45) is 7.88. The Morgan fingerprint density at radius 3 is 1.54 bits per heavy atom. The first-order valence-electron chi connectivity index (χ1n) is 10.7. The highest BCUT2D eigenvalue weighted by Gasteiger charge is 2.39. The highest BCUT2D eigenvalue weighted by atomic mass is 28.4. The zero-order valence-corrected chi connectivity index (χ0v) is 21.1. The Balaban J connectivity index is 3.84. The summed E-state index contributed by atoms with van der Waals surface area (Å²) in [6.45, 7) is 8.12. The van der Waals surface area contributed by atoms with E-state index in [1.165, 1.54) is 38.1 Å². The smallest absolute Gasteiger partial charge is 0.374 e. The topological polar surface area (TPSA) is 34.2 Å². The SMILES string of the molecule is CCO[Si](CCCCCCCC[SiH2]C(N(C)C)N(C)C)(OCC)OCC. The van der Waals surface area contributed by atoms with Gasteiger partial charge >= 0.3 is 8.80 Å². The molecule has 0 atom stereocenters. The van der Waals surface area contributed by atoms with E-state index in [1.54, 1.807) is 0 Å². The molecule has 0 saturated heterocycles. The van der Waals surface area contributed by atoms with Gasteiger partial charge in [0.2, 0.25) is 0 Å². The van der Waals surface area contributed by atoms with Crippen LogP contribution in [0, 0.1) is 0 Å². The zero-order valence-electron chi connectivity index (χ0n) is 18.7. The monoisotopic (exact) mass is 406 g/mol. The van der Waals surface area contributed by atoms with Crippen molar-refractivity contribution >= 4 is 18.3 Å². The van der Waals surface area contributed by atoms with Gasteiger partial charge in [-0.25, -0.2) is 0 Å². The Labute approximate surface area is 166 Å². The predicted octanol–water partition coefficient (Wildman–Crippen LogP) is 3.37. The fraction of sp³-hybridized carbons (Fsp3) is 1.00. The molecule has 0 aliphatic carbocycles. The molecule has 0 fully saturated rings. The molecular formula is C19H46N2O3Si2. The van der Waals surface area contributed by atoms with Crippen LogP contribution in [0.5, 0.6) is 0 Å². The van der Waals surface area contributed by atoms with Crippen LogP contribution in [0.1, 0.15) is 59.3 Å². The van der Waals surface area contributed by atoms with Gasteiger partial charge in [0.25, 0.3) is 0 Å². The molecule has 7 heteroatoms. The molecule has 0 bridgehead atoms. The van der Waals surface area contributed by atoms with Crippen LogP contribution >= 0.6 is 0 Å². The van der Waals surface area contributed by atoms with E-state index in [2.05, 4.69) is 38.0 Å². The van der Waals surface area contributed by atoms with Crippen LogP contribution in [0.2, 0.25) is 12.1 Å². The number of unbranched alkanes of at least 4 members (excludes halogenated alkanes) is 5. The first-order valence-corrected chi connectivity index (χ1v) is 14.4. The van der Waals surface area contributed by atoms with Crippen molar-refractivity contribution in [3.8, 4) is 0 Å². The zero-order chi connectivity index (χ0) is 19.8. The minimum atomic E-state index is -2.41. The van der Waals surface area contributed by atoms with Gasteiger partial charge < -0.3 is 13.3 Å². The second-order valence-corrected chi connectivity index (χ2v) is 12.2. The maximum Gasteiger partial charge on any atom is 0.500 e. The van der Waals surface area contributed by atoms with Crippen LogP contribution in [-0.4, -0.2) is 81.9 Å². The van der Waals surface area contributed by atoms with Gasteiger partial charge in [-0.05, 0) is 55.4 Å². The average Bonchev–Trinajstić information content (AvgIpc) is 2.56.